The molecule has 2 radical (unpaired) electrons. The van der Waals surface area contributed by atoms with Crippen LogP contribution in [0.1, 0.15) is 70.1 Å². The molecule has 0 bridgehead atoms. The molecule has 10 aromatic rings. The van der Waals surface area contributed by atoms with Gasteiger partial charge < -0.3 is 46.1 Å². The monoisotopic (exact) mass is 1370 g/mol. The van der Waals surface area contributed by atoms with E-state index in [1.165, 1.54) is 27.9 Å². The number of nitrogens with two attached hydrogens (primary N) is 1. The van der Waals surface area contributed by atoms with Gasteiger partial charge in [0.2, 0.25) is 0 Å². The Balaban J connectivity index is 0.000000228. The summed E-state index contributed by atoms with van der Waals surface area (Å²) in [6, 6.07) is 21.3. The number of benzene rings is 2. The molecule has 8 aromatic heterocycles. The van der Waals surface area contributed by atoms with Crippen LogP contribution in [0, 0.1) is 31.1 Å². The molecule has 2 atom stereocenters. The van der Waals surface area contributed by atoms with Crippen LogP contribution in [-0.2, 0) is 0 Å². The van der Waals surface area contributed by atoms with Crippen molar-refractivity contribution in [2.45, 2.75) is 37.8 Å². The fraction of sp³-hybridized carbons (Fsp3) is 0.240. The van der Waals surface area contributed by atoms with Gasteiger partial charge in [-0.1, -0.05) is 59.6 Å². The molecule has 0 aliphatic carbocycles. The molecule has 23 nitrogen and oxygen atoms in total. The number of aromatic carboxylic acids is 1. The predicted molar refractivity (Wildman–Crippen MR) is 308 cm³/mol. The Hall–Kier alpha value is -6.66. The van der Waals surface area contributed by atoms with Gasteiger partial charge in [-0.15, -0.1) is 0 Å². The van der Waals surface area contributed by atoms with E-state index < -0.39 is 5.97 Å². The Bertz CT molecular complexity index is 3870. The third-order valence-corrected chi connectivity index (χ3v) is 13.5. The number of carbonyl (C=O) groups excluding carboxylic acids is 1. The van der Waals surface area contributed by atoms with Gasteiger partial charge in [-0.2, -0.15) is 37.2 Å². The van der Waals surface area contributed by atoms with E-state index >= 15 is 0 Å². The van der Waals surface area contributed by atoms with Crippen LogP contribution in [0.5, 0.6) is 0 Å². The number of aliphatic hydroxyl groups excluding tert-OH is 2. The van der Waals surface area contributed by atoms with E-state index in [0.29, 0.717) is 109 Å². The number of carboxylic acids is 1. The normalized spacial score (nSPS) is 14.7. The third kappa shape index (κ3) is 11.8. The molecule has 2 aliphatic heterocycles. The first-order valence-corrected chi connectivity index (χ1v) is 24.6. The third-order valence-electron chi connectivity index (χ3n) is 12.9. The van der Waals surface area contributed by atoms with Gasteiger partial charge >= 0.3 is 5.97 Å². The number of amides is 1. The largest absolute Gasteiger partial charge is 0.478 e. The minimum Gasteiger partial charge on any atom is -0.478 e. The first-order chi connectivity index (χ1) is 37.5. The Kier molecular flexibility index (Phi) is 20.5. The van der Waals surface area contributed by atoms with Crippen molar-refractivity contribution in [2.24, 2.45) is 5.73 Å². The van der Waals surface area contributed by atoms with Gasteiger partial charge in [0.15, 0.2) is 11.6 Å². The van der Waals surface area contributed by atoms with Crippen LogP contribution in [0.15, 0.2) is 120 Å². The van der Waals surface area contributed by atoms with Gasteiger partial charge in [-0.3, -0.25) is 23.5 Å². The van der Waals surface area contributed by atoms with Crippen molar-refractivity contribution in [1.82, 2.24) is 63.6 Å². The summed E-state index contributed by atoms with van der Waals surface area (Å²) in [4.78, 5) is 79.6. The molecule has 2 fully saturated rings. The number of hydrogen-bond donors (Lipinski definition) is 7. The summed E-state index contributed by atoms with van der Waals surface area (Å²) in [7, 11) is 3.75. The number of carboxylic acid groups (broad SMARTS) is 1. The molecular weight excluding hydrogens is 1320 g/mol. The first-order valence-electron chi connectivity index (χ1n) is 24.4. The van der Waals surface area contributed by atoms with Crippen LogP contribution in [-0.4, -0.2) is 135 Å². The number of nitrogens with zero attached hydrogens (tertiary/aromatic N) is 12. The molecule has 8 N–H and O–H groups in total. The molecule has 408 valence electrons. The number of nitrogens with one attached hydrogen (secondary N) is 3. The van der Waals surface area contributed by atoms with Gasteiger partial charge in [-0.25, -0.2) is 33.8 Å². The maximum atomic E-state index is 13.7. The fourth-order valence-electron chi connectivity index (χ4n) is 9.70. The summed E-state index contributed by atoms with van der Waals surface area (Å²) in [5.74, 6) is 0.721. The van der Waals surface area contributed by atoms with Crippen molar-refractivity contribution in [3.8, 4) is 11.4 Å². The minimum absolute atomic E-state index is 0. The maximum Gasteiger partial charge on any atom is 0.338 e. The Morgan fingerprint density at radius 3 is 1.54 bits per heavy atom. The van der Waals surface area contributed by atoms with Crippen molar-refractivity contribution < 1.29 is 56.0 Å². The molecule has 0 spiro atoms. The molecule has 2 aromatic carbocycles. The van der Waals surface area contributed by atoms with Crippen LogP contribution in [0.25, 0.3) is 44.5 Å². The topological polar surface area (TPSA) is 301 Å². The van der Waals surface area contributed by atoms with E-state index in [0.717, 1.165) is 19.3 Å². The average molecular weight is 1380 g/mol. The number of hydrogen-bond acceptors (Lipinski definition) is 15. The first kappa shape index (κ1) is 60.0. The Morgan fingerprint density at radius 1 is 0.696 bits per heavy atom. The van der Waals surface area contributed by atoms with Crippen LogP contribution in [0.3, 0.4) is 0 Å². The maximum absolute atomic E-state index is 13.7. The molecule has 29 heteroatoms. The molecule has 2 saturated heterocycles. The van der Waals surface area contributed by atoms with Crippen molar-refractivity contribution in [1.29, 1.82) is 1.34 Å². The summed E-state index contributed by atoms with van der Waals surface area (Å²) < 4.78 is 11.5. The van der Waals surface area contributed by atoms with Gasteiger partial charge in [0.05, 0.1) is 68.6 Å². The van der Waals surface area contributed by atoms with E-state index in [9.17, 15) is 24.3 Å². The molecular formula is C50H53BCl2N16O7S2U. The van der Waals surface area contributed by atoms with Crippen molar-refractivity contribution >= 4 is 115 Å². The number of aliphatic hydroxyl groups is 2. The zero-order valence-corrected chi connectivity index (χ0v) is 49.5. The summed E-state index contributed by atoms with van der Waals surface area (Å²) in [5.41, 5.74) is 7.61. The average Bonchev–Trinajstić information content (AvgIpc) is 4.52. The van der Waals surface area contributed by atoms with Crippen molar-refractivity contribution in [3.63, 3.8) is 0 Å². The number of carbonyl (C=O) groups is 2. The van der Waals surface area contributed by atoms with E-state index in [1.54, 1.807) is 39.9 Å². The van der Waals surface area contributed by atoms with Crippen molar-refractivity contribution in [3.05, 3.63) is 164 Å². The SMILES string of the molecule is NCCO.O=C(NCCO)c1c[nH]c2ncnc(N3CCC[C@H]3c3nn4ccc(Cl)c4c(=O)n3-c3ccccc3)c12.O=C(O)c1c[nH]c2ncnc(N3CCC[C@H]3c3nn4ccc(Cl)c4c(=O)n3-c3ccccc3)c12.S.S.[3H][B].[U]. The standard InChI is InChI=1S/C25H23ClN8O3.C23H18ClN7O3.C2H7NO.BH.2H2S.U/c26-17-8-11-33-20(17)25(37)34(15-5-2-1-3-6-15)22(31-33)18-7-4-10-32(18)23-19-16(24(36)27-9-12-35)13-28-21(19)29-14-30-23;24-15-8-10-30-18(15)22(32)31(13-5-2-1-3-6-13)20(28-30)16-7-4-9-29(16)21-17-14(23(33)34)11-25-19(17)26-12-27-21;3-1-2-4;;;;/h1-3,5-6,8,11,13-14,18,35H,4,7,9-10,12H2,(H,27,36)(H,28,29,30);1-3,5-6,8,10-12,16H,4,7,9H2,(H,33,34)(H,25,26,27);4H,1-3H2;1H;2*1H2;/t18-;16-;;;;;/m00...../s1/i;;;1T;;;. The minimum atomic E-state index is -1.07. The summed E-state index contributed by atoms with van der Waals surface area (Å²) >= 11 is 12.7. The number of anilines is 2. The van der Waals surface area contributed by atoms with E-state index in [1.807, 2.05) is 65.6 Å². The van der Waals surface area contributed by atoms with Gasteiger partial charge in [0.1, 0.15) is 46.6 Å². The predicted octanol–water partition coefficient (Wildman–Crippen LogP) is 4.44. The van der Waals surface area contributed by atoms with Crippen molar-refractivity contribution in [2.75, 3.05) is 49.2 Å². The second-order valence-electron chi connectivity index (χ2n) is 17.3. The summed E-state index contributed by atoms with van der Waals surface area (Å²) in [5, 5.41) is 40.6. The van der Waals surface area contributed by atoms with Gasteiger partial charge in [-0.05, 0) is 63.4 Å². The summed E-state index contributed by atoms with van der Waals surface area (Å²) in [6.07, 6.45) is 12.3. The zero-order chi connectivity index (χ0) is 54.3. The smallest absolute Gasteiger partial charge is 0.338 e. The number of rotatable bonds is 11. The fourth-order valence-corrected chi connectivity index (χ4v) is 10.1. The zero-order valence-electron chi connectivity index (χ0n) is 42.9. The molecule has 12 rings (SSSR count). The Morgan fingerprint density at radius 2 is 1.13 bits per heavy atom. The number of aromatic nitrogens is 12. The summed E-state index contributed by atoms with van der Waals surface area (Å²) in [6.45, 7) is 1.71. The number of para-hydroxylation sites is 2. The van der Waals surface area contributed by atoms with E-state index in [4.69, 9.17) is 50.7 Å². The van der Waals surface area contributed by atoms with Crippen LogP contribution in [0.2, 0.25) is 10.0 Å². The van der Waals surface area contributed by atoms with Crippen LogP contribution >= 0.6 is 50.2 Å². The molecule has 1 amide bonds. The van der Waals surface area contributed by atoms with Crippen LogP contribution < -0.4 is 32.0 Å². The van der Waals surface area contributed by atoms with E-state index in [-0.39, 0.29) is 113 Å². The quantitative estimate of drug-likeness (QED) is 0.0881. The van der Waals surface area contributed by atoms with Crippen LogP contribution in [0.4, 0.5) is 11.6 Å². The number of halogens is 2. The van der Waals surface area contributed by atoms with Gasteiger partial charge in [0.25, 0.3) is 17.0 Å². The molecule has 10 heterocycles. The molecule has 0 saturated carbocycles. The molecule has 2 aliphatic rings. The van der Waals surface area contributed by atoms with Gasteiger partial charge in [0, 0.05) is 90.5 Å². The number of H-pyrrole nitrogens is 2. The second-order valence-corrected chi connectivity index (χ2v) is 18.1. The Labute approximate surface area is 500 Å². The molecule has 79 heavy (non-hydrogen) atoms. The second kappa shape index (κ2) is 27.0. The number of fused-ring (bicyclic) bond motifs is 4. The van der Waals surface area contributed by atoms with E-state index in [2.05, 4.69) is 48.5 Å². The number of aromatic amines is 2. The molecule has 0 unspecified atom stereocenters.